The van der Waals surface area contributed by atoms with Crippen LogP contribution in [0, 0.1) is 0 Å². The molecule has 0 aromatic heterocycles. The molecule has 2 N–H and O–H groups in total. The van der Waals surface area contributed by atoms with Crippen molar-refractivity contribution in [2.24, 2.45) is 0 Å². The smallest absolute Gasteiger partial charge is 0.255 e. The Morgan fingerprint density at radius 1 is 1.30 bits per heavy atom. The minimum Gasteiger partial charge on any atom is -0.504 e. The molecule has 0 spiro atoms. The standard InChI is InChI=1S/C14H11BrClNO3/c1-20-13-5-3-9(7-12(13)18)17-14(19)8-2-4-11(16)10(15)6-8/h2-7,18H,1H3,(H,17,19). The summed E-state index contributed by atoms with van der Waals surface area (Å²) in [6, 6.07) is 9.50. The van der Waals surface area contributed by atoms with Crippen LogP contribution in [0.1, 0.15) is 10.4 Å². The Bertz CT molecular complexity index is 661. The van der Waals surface area contributed by atoms with Crippen LogP contribution in [-0.4, -0.2) is 18.1 Å². The summed E-state index contributed by atoms with van der Waals surface area (Å²) in [5, 5.41) is 12.9. The molecule has 0 atom stereocenters. The molecule has 0 aliphatic carbocycles. The van der Waals surface area contributed by atoms with E-state index in [1.165, 1.54) is 13.2 Å². The number of phenolic OH excluding ortho intramolecular Hbond substituents is 1. The molecule has 0 aliphatic rings. The van der Waals surface area contributed by atoms with E-state index in [0.29, 0.717) is 26.5 Å². The third-order valence-corrected chi connectivity index (χ3v) is 3.83. The highest BCUT2D eigenvalue weighted by molar-refractivity contribution is 9.10. The Morgan fingerprint density at radius 2 is 2.05 bits per heavy atom. The number of anilines is 1. The molecule has 1 amide bonds. The zero-order valence-electron chi connectivity index (χ0n) is 10.5. The number of benzene rings is 2. The summed E-state index contributed by atoms with van der Waals surface area (Å²) in [5.41, 5.74) is 0.927. The van der Waals surface area contributed by atoms with Gasteiger partial charge in [0, 0.05) is 21.8 Å². The van der Waals surface area contributed by atoms with E-state index in [9.17, 15) is 9.90 Å². The molecular weight excluding hydrogens is 346 g/mol. The van der Waals surface area contributed by atoms with Crippen molar-refractivity contribution in [3.63, 3.8) is 0 Å². The van der Waals surface area contributed by atoms with Gasteiger partial charge < -0.3 is 15.2 Å². The van der Waals surface area contributed by atoms with Crippen LogP contribution in [0.25, 0.3) is 0 Å². The maximum atomic E-state index is 12.1. The van der Waals surface area contributed by atoms with E-state index in [0.717, 1.165) is 0 Å². The normalized spacial score (nSPS) is 10.2. The van der Waals surface area contributed by atoms with Gasteiger partial charge in [-0.3, -0.25) is 4.79 Å². The average molecular weight is 357 g/mol. The number of amides is 1. The molecule has 0 unspecified atom stereocenters. The maximum Gasteiger partial charge on any atom is 0.255 e. The Balaban J connectivity index is 2.19. The van der Waals surface area contributed by atoms with E-state index in [1.54, 1.807) is 30.3 Å². The Hall–Kier alpha value is -1.72. The van der Waals surface area contributed by atoms with Gasteiger partial charge in [0.1, 0.15) is 0 Å². The monoisotopic (exact) mass is 355 g/mol. The third-order valence-electron chi connectivity index (χ3n) is 2.62. The SMILES string of the molecule is COc1ccc(NC(=O)c2ccc(Cl)c(Br)c2)cc1O. The van der Waals surface area contributed by atoms with E-state index in [-0.39, 0.29) is 11.7 Å². The number of rotatable bonds is 3. The van der Waals surface area contributed by atoms with E-state index in [4.69, 9.17) is 16.3 Å². The first-order valence-electron chi connectivity index (χ1n) is 5.64. The van der Waals surface area contributed by atoms with Gasteiger partial charge in [0.15, 0.2) is 11.5 Å². The molecule has 0 fully saturated rings. The zero-order valence-corrected chi connectivity index (χ0v) is 12.8. The highest BCUT2D eigenvalue weighted by Gasteiger charge is 2.10. The lowest BCUT2D eigenvalue weighted by atomic mass is 10.2. The second-order valence-electron chi connectivity index (χ2n) is 3.97. The predicted octanol–water partition coefficient (Wildman–Crippen LogP) is 4.07. The van der Waals surface area contributed by atoms with Gasteiger partial charge >= 0.3 is 0 Å². The van der Waals surface area contributed by atoms with Crippen LogP contribution in [-0.2, 0) is 0 Å². The zero-order chi connectivity index (χ0) is 14.7. The highest BCUT2D eigenvalue weighted by Crippen LogP contribution is 2.29. The van der Waals surface area contributed by atoms with Crippen LogP contribution in [0.2, 0.25) is 5.02 Å². The predicted molar refractivity (Wildman–Crippen MR) is 81.8 cm³/mol. The number of carbonyl (C=O) groups is 1. The summed E-state index contributed by atoms with van der Waals surface area (Å²) in [5.74, 6) is 0.00626. The summed E-state index contributed by atoms with van der Waals surface area (Å²) in [6.45, 7) is 0. The molecule has 2 aromatic carbocycles. The number of halogens is 2. The van der Waals surface area contributed by atoms with Crippen LogP contribution in [0.15, 0.2) is 40.9 Å². The number of hydrogen-bond donors (Lipinski definition) is 2. The summed E-state index contributed by atoms with van der Waals surface area (Å²) in [6.07, 6.45) is 0. The molecule has 0 bridgehead atoms. The second kappa shape index (κ2) is 6.15. The molecule has 0 aliphatic heterocycles. The van der Waals surface area contributed by atoms with Gasteiger partial charge in [-0.1, -0.05) is 11.6 Å². The first-order chi connectivity index (χ1) is 9.51. The Labute approximate surface area is 129 Å². The van der Waals surface area contributed by atoms with Crippen LogP contribution in [0.4, 0.5) is 5.69 Å². The van der Waals surface area contributed by atoms with Crippen molar-refractivity contribution >= 4 is 39.1 Å². The fraction of sp³-hybridized carbons (Fsp3) is 0.0714. The number of carbonyl (C=O) groups excluding carboxylic acids is 1. The molecule has 2 rings (SSSR count). The summed E-state index contributed by atoms with van der Waals surface area (Å²) in [7, 11) is 1.46. The van der Waals surface area contributed by atoms with Gasteiger partial charge in [-0.25, -0.2) is 0 Å². The summed E-state index contributed by atoms with van der Waals surface area (Å²) >= 11 is 9.14. The molecule has 20 heavy (non-hydrogen) atoms. The van der Waals surface area contributed by atoms with Crippen LogP contribution >= 0.6 is 27.5 Å². The quantitative estimate of drug-likeness (QED) is 0.871. The van der Waals surface area contributed by atoms with Crippen LogP contribution in [0.5, 0.6) is 11.5 Å². The lowest BCUT2D eigenvalue weighted by Gasteiger charge is -2.08. The summed E-state index contributed by atoms with van der Waals surface area (Å²) < 4.78 is 5.58. The number of ether oxygens (including phenoxy) is 1. The number of phenols is 1. The van der Waals surface area contributed by atoms with E-state index in [1.807, 2.05) is 0 Å². The first kappa shape index (κ1) is 14.7. The molecule has 4 nitrogen and oxygen atoms in total. The minimum absolute atomic E-state index is 0.0393. The van der Waals surface area contributed by atoms with Crippen molar-refractivity contribution in [1.29, 1.82) is 0 Å². The molecule has 0 saturated heterocycles. The van der Waals surface area contributed by atoms with Crippen LogP contribution in [0.3, 0.4) is 0 Å². The lowest BCUT2D eigenvalue weighted by Crippen LogP contribution is -2.11. The highest BCUT2D eigenvalue weighted by atomic mass is 79.9. The minimum atomic E-state index is -0.299. The van der Waals surface area contributed by atoms with Crippen LogP contribution < -0.4 is 10.1 Å². The van der Waals surface area contributed by atoms with E-state index < -0.39 is 0 Å². The van der Waals surface area contributed by atoms with Crippen molar-refractivity contribution in [2.45, 2.75) is 0 Å². The van der Waals surface area contributed by atoms with Gasteiger partial charge in [-0.2, -0.15) is 0 Å². The Kier molecular flexibility index (Phi) is 4.52. The van der Waals surface area contributed by atoms with Gasteiger partial charge in [0.2, 0.25) is 0 Å². The van der Waals surface area contributed by atoms with Gasteiger partial charge in [-0.05, 0) is 46.3 Å². The van der Waals surface area contributed by atoms with Gasteiger partial charge in [-0.15, -0.1) is 0 Å². The van der Waals surface area contributed by atoms with E-state index >= 15 is 0 Å². The number of hydrogen-bond acceptors (Lipinski definition) is 3. The summed E-state index contributed by atoms with van der Waals surface area (Å²) in [4.78, 5) is 12.1. The first-order valence-corrected chi connectivity index (χ1v) is 6.82. The van der Waals surface area contributed by atoms with Crippen molar-refractivity contribution < 1.29 is 14.6 Å². The third kappa shape index (κ3) is 3.23. The molecule has 0 radical (unpaired) electrons. The Morgan fingerprint density at radius 3 is 2.65 bits per heavy atom. The number of nitrogens with one attached hydrogen (secondary N) is 1. The average Bonchev–Trinajstić information content (AvgIpc) is 2.42. The number of methoxy groups -OCH3 is 1. The molecule has 0 heterocycles. The molecule has 104 valence electrons. The molecule has 2 aromatic rings. The topological polar surface area (TPSA) is 58.6 Å². The van der Waals surface area contributed by atoms with Crippen molar-refractivity contribution in [3.05, 3.63) is 51.5 Å². The van der Waals surface area contributed by atoms with Crippen molar-refractivity contribution in [3.8, 4) is 11.5 Å². The maximum absolute atomic E-state index is 12.1. The second-order valence-corrected chi connectivity index (χ2v) is 5.23. The largest absolute Gasteiger partial charge is 0.504 e. The van der Waals surface area contributed by atoms with E-state index in [2.05, 4.69) is 21.2 Å². The lowest BCUT2D eigenvalue weighted by molar-refractivity contribution is 0.102. The molecule has 6 heteroatoms. The van der Waals surface area contributed by atoms with Crippen molar-refractivity contribution in [1.82, 2.24) is 0 Å². The fourth-order valence-corrected chi connectivity index (χ4v) is 2.10. The van der Waals surface area contributed by atoms with Gasteiger partial charge in [0.25, 0.3) is 5.91 Å². The molecular formula is C14H11BrClNO3. The van der Waals surface area contributed by atoms with Crippen molar-refractivity contribution in [2.75, 3.05) is 12.4 Å². The van der Waals surface area contributed by atoms with Gasteiger partial charge in [0.05, 0.1) is 12.1 Å². The molecule has 0 saturated carbocycles. The number of aromatic hydroxyl groups is 1. The fourth-order valence-electron chi connectivity index (χ4n) is 1.61.